The maximum Gasteiger partial charge on any atom is 0.303 e. The van der Waals surface area contributed by atoms with Crippen LogP contribution in [0.2, 0.25) is 0 Å². The summed E-state index contributed by atoms with van der Waals surface area (Å²) >= 11 is 0. The van der Waals surface area contributed by atoms with Gasteiger partial charge < -0.3 is 27.2 Å². The van der Waals surface area contributed by atoms with E-state index in [1.165, 1.54) is 11.0 Å². The van der Waals surface area contributed by atoms with Crippen molar-refractivity contribution in [2.24, 2.45) is 16.5 Å². The van der Waals surface area contributed by atoms with E-state index >= 15 is 0 Å². The van der Waals surface area contributed by atoms with Crippen LogP contribution in [0, 0.1) is 0 Å². The van der Waals surface area contributed by atoms with Crippen molar-refractivity contribution >= 4 is 23.7 Å². The number of carbonyl (C=O) groups excluding carboxylic acids is 2. The van der Waals surface area contributed by atoms with Gasteiger partial charge in [0.15, 0.2) is 5.96 Å². The Labute approximate surface area is 194 Å². The largest absolute Gasteiger partial charge is 0.481 e. The van der Waals surface area contributed by atoms with Gasteiger partial charge in [-0.15, -0.1) is 0 Å². The number of nitrogens with zero attached hydrogens (tertiary/aromatic N) is 1. The highest BCUT2D eigenvalue weighted by Crippen LogP contribution is 2.12. The molecule has 33 heavy (non-hydrogen) atoms. The molecule has 1 atom stereocenters. The summed E-state index contributed by atoms with van der Waals surface area (Å²) in [6, 6.07) is 7.01. The number of aryl methyl sites for hydroxylation is 1. The summed E-state index contributed by atoms with van der Waals surface area (Å²) < 4.78 is 0. The molecule has 0 fully saturated rings. The number of aliphatic carboxylic acids is 1. The van der Waals surface area contributed by atoms with Gasteiger partial charge in [-0.2, -0.15) is 0 Å². The number of carboxylic acid groups (broad SMARTS) is 1. The number of benzene rings is 1. The van der Waals surface area contributed by atoms with Crippen LogP contribution in [0.25, 0.3) is 0 Å². The minimum Gasteiger partial charge on any atom is -0.481 e. The number of aliphatic imine (C=N–C) groups is 1. The quantitative estimate of drug-likeness (QED) is 0.0566. The lowest BCUT2D eigenvalue weighted by molar-refractivity contribution is -0.139. The molecule has 0 aliphatic rings. The van der Waals surface area contributed by atoms with Gasteiger partial charge in [-0.25, -0.2) is 10.5 Å². The molecule has 11 heteroatoms. The van der Waals surface area contributed by atoms with Crippen LogP contribution >= 0.6 is 0 Å². The average Bonchev–Trinajstić information content (AvgIpc) is 2.79. The predicted octanol–water partition coefficient (Wildman–Crippen LogP) is 0.398. The summed E-state index contributed by atoms with van der Waals surface area (Å²) in [5.41, 5.74) is 14.6. The summed E-state index contributed by atoms with van der Waals surface area (Å²) in [4.78, 5) is 38.2. The molecule has 0 bridgehead atoms. The third-order valence-corrected chi connectivity index (χ3v) is 5.02. The number of hydrogen-bond acceptors (Lipinski definition) is 6. The molecule has 1 rings (SSSR count). The molecule has 0 spiro atoms. The van der Waals surface area contributed by atoms with Crippen molar-refractivity contribution in [3.63, 3.8) is 0 Å². The van der Waals surface area contributed by atoms with Crippen LogP contribution in [0.5, 0.6) is 0 Å². The number of nitrogens with one attached hydrogen (secondary N) is 3. The molecular formula is C22H36N6O5. The van der Waals surface area contributed by atoms with Gasteiger partial charge in [0.05, 0.1) is 6.54 Å². The van der Waals surface area contributed by atoms with Gasteiger partial charge in [0.25, 0.3) is 5.91 Å². The van der Waals surface area contributed by atoms with Crippen LogP contribution in [-0.2, 0) is 27.3 Å². The molecule has 0 heterocycles. The molecule has 1 aromatic rings. The van der Waals surface area contributed by atoms with Gasteiger partial charge in [-0.05, 0) is 56.3 Å². The second kappa shape index (κ2) is 16.5. The zero-order chi connectivity index (χ0) is 24.5. The number of hydroxylamine groups is 1. The van der Waals surface area contributed by atoms with E-state index in [2.05, 4.69) is 21.7 Å². The van der Waals surface area contributed by atoms with E-state index in [-0.39, 0.29) is 31.1 Å². The zero-order valence-electron chi connectivity index (χ0n) is 18.9. The van der Waals surface area contributed by atoms with Gasteiger partial charge in [0.1, 0.15) is 6.04 Å². The first-order chi connectivity index (χ1) is 15.8. The Morgan fingerprint density at radius 3 is 2.33 bits per heavy atom. The molecule has 0 aromatic heterocycles. The van der Waals surface area contributed by atoms with Crippen LogP contribution < -0.4 is 27.6 Å². The van der Waals surface area contributed by atoms with Crippen LogP contribution in [0.15, 0.2) is 29.3 Å². The predicted molar refractivity (Wildman–Crippen MR) is 124 cm³/mol. The Morgan fingerprint density at radius 2 is 1.67 bits per heavy atom. The minimum absolute atomic E-state index is 0.0811. The summed E-state index contributed by atoms with van der Waals surface area (Å²) in [5.74, 6) is -2.17. The number of unbranched alkanes of at least 4 members (excludes halogenated alkanes) is 2. The van der Waals surface area contributed by atoms with Gasteiger partial charge >= 0.3 is 5.97 Å². The van der Waals surface area contributed by atoms with Crippen molar-refractivity contribution in [3.8, 4) is 0 Å². The van der Waals surface area contributed by atoms with E-state index in [1.807, 2.05) is 18.2 Å². The summed E-state index contributed by atoms with van der Waals surface area (Å²) in [5, 5.41) is 23.3. The average molecular weight is 465 g/mol. The second-order valence-corrected chi connectivity index (χ2v) is 7.70. The van der Waals surface area contributed by atoms with E-state index in [1.54, 1.807) is 0 Å². The van der Waals surface area contributed by atoms with Crippen LogP contribution in [0.3, 0.4) is 0 Å². The molecule has 0 aliphatic carbocycles. The highest BCUT2D eigenvalue weighted by atomic mass is 16.5. The highest BCUT2D eigenvalue weighted by Gasteiger charge is 2.21. The van der Waals surface area contributed by atoms with Gasteiger partial charge in [-0.1, -0.05) is 30.7 Å². The van der Waals surface area contributed by atoms with E-state index in [0.717, 1.165) is 44.3 Å². The van der Waals surface area contributed by atoms with E-state index in [4.69, 9.17) is 21.8 Å². The maximum atomic E-state index is 12.0. The Morgan fingerprint density at radius 1 is 0.970 bits per heavy atom. The molecule has 184 valence electrons. The number of amides is 2. The molecule has 0 aliphatic heterocycles. The number of rotatable bonds is 17. The number of nitrogens with two attached hydrogens (primary N) is 2. The smallest absolute Gasteiger partial charge is 0.303 e. The summed E-state index contributed by atoms with van der Waals surface area (Å²) in [6.07, 6.45) is 4.16. The number of hydrogen-bond donors (Lipinski definition) is 7. The maximum absolute atomic E-state index is 12.0. The van der Waals surface area contributed by atoms with Gasteiger partial charge in [0.2, 0.25) is 5.91 Å². The lowest BCUT2D eigenvalue weighted by Gasteiger charge is -2.15. The molecule has 11 nitrogen and oxygen atoms in total. The van der Waals surface area contributed by atoms with Crippen molar-refractivity contribution in [3.05, 3.63) is 35.4 Å². The van der Waals surface area contributed by atoms with Gasteiger partial charge in [-0.3, -0.25) is 19.6 Å². The second-order valence-electron chi connectivity index (χ2n) is 7.70. The lowest BCUT2D eigenvalue weighted by Crippen LogP contribution is -2.46. The first-order valence-electron chi connectivity index (χ1n) is 11.1. The molecule has 9 N–H and O–H groups in total. The molecule has 0 saturated carbocycles. The molecule has 0 saturated heterocycles. The van der Waals surface area contributed by atoms with E-state index < -0.39 is 17.9 Å². The molecule has 1 unspecified atom stereocenters. The fraction of sp³-hybridized carbons (Fsp3) is 0.545. The Balaban J connectivity index is 2.16. The van der Waals surface area contributed by atoms with Crippen molar-refractivity contribution < 1.29 is 24.7 Å². The third-order valence-electron chi connectivity index (χ3n) is 5.02. The fourth-order valence-corrected chi connectivity index (χ4v) is 3.25. The minimum atomic E-state index is -1.08. The van der Waals surface area contributed by atoms with Crippen molar-refractivity contribution in [2.45, 2.75) is 64.0 Å². The lowest BCUT2D eigenvalue weighted by atomic mass is 10.0. The fourth-order valence-electron chi connectivity index (χ4n) is 3.25. The molecule has 2 amide bonds. The van der Waals surface area contributed by atoms with Crippen LogP contribution in [0.1, 0.15) is 56.1 Å². The van der Waals surface area contributed by atoms with Crippen molar-refractivity contribution in [1.29, 1.82) is 0 Å². The standard InChI is InChI=1S/C22H36N6O5/c23-22(24)26-15-17-8-4-3-7-16(17)9-6-14-25-13-5-1-2-10-19(29)27-18(21(32)28-33)11-12-20(30)31/h3-4,7-8,18,25,33H,1-2,5-6,9-15H2,(H,27,29)(H,28,32)(H,30,31)(H4,23,24,26). The first-order valence-corrected chi connectivity index (χ1v) is 11.1. The van der Waals surface area contributed by atoms with Crippen molar-refractivity contribution in [2.75, 3.05) is 13.1 Å². The summed E-state index contributed by atoms with van der Waals surface area (Å²) in [7, 11) is 0. The number of carboxylic acids is 1. The molecule has 0 radical (unpaired) electrons. The monoisotopic (exact) mass is 464 g/mol. The number of carbonyl (C=O) groups is 3. The third kappa shape index (κ3) is 13.1. The van der Waals surface area contributed by atoms with Gasteiger partial charge in [0, 0.05) is 12.8 Å². The zero-order valence-corrected chi connectivity index (χ0v) is 18.9. The van der Waals surface area contributed by atoms with Crippen LogP contribution in [-0.4, -0.2) is 53.2 Å². The van der Waals surface area contributed by atoms with E-state index in [0.29, 0.717) is 13.0 Å². The molecular weight excluding hydrogens is 428 g/mol. The van der Waals surface area contributed by atoms with E-state index in [9.17, 15) is 14.4 Å². The Kier molecular flexibility index (Phi) is 13.9. The molecule has 1 aromatic carbocycles. The van der Waals surface area contributed by atoms with Crippen molar-refractivity contribution in [1.82, 2.24) is 16.1 Å². The summed E-state index contributed by atoms with van der Waals surface area (Å²) in [6.45, 7) is 2.19. The highest BCUT2D eigenvalue weighted by molar-refractivity contribution is 5.87. The first kappa shape index (κ1) is 27.9. The Hall–Kier alpha value is -3.18. The normalized spacial score (nSPS) is 11.4. The van der Waals surface area contributed by atoms with Crippen LogP contribution in [0.4, 0.5) is 0 Å². The Bertz CT molecular complexity index is 782. The number of guanidine groups is 1. The topological polar surface area (TPSA) is 192 Å². The SMILES string of the molecule is NC(N)=NCc1ccccc1CCCNCCCCCC(=O)NC(CCC(=O)O)C(=O)NO.